The fourth-order valence-corrected chi connectivity index (χ4v) is 5.40. The highest BCUT2D eigenvalue weighted by molar-refractivity contribution is 7.83. The van der Waals surface area contributed by atoms with E-state index in [1.54, 1.807) is 17.6 Å². The Kier molecular flexibility index (Phi) is 5.75. The van der Waals surface area contributed by atoms with Crippen LogP contribution in [0, 0.1) is 13.8 Å². The first-order valence-corrected chi connectivity index (χ1v) is 12.2. The minimum atomic E-state index is -0.858. The molecule has 1 aromatic carbocycles. The van der Waals surface area contributed by atoms with Gasteiger partial charge in [-0.3, -0.25) is 9.11 Å². The second-order valence-corrected chi connectivity index (χ2v) is 10.1. The van der Waals surface area contributed by atoms with Crippen LogP contribution >= 0.6 is 11.3 Å². The molecule has 2 aromatic heterocycles. The Hall–Kier alpha value is -1.83. The number of nitrogens with one attached hydrogen (secondary N) is 1. The molecule has 1 atom stereocenters. The van der Waals surface area contributed by atoms with Crippen LogP contribution in [0.15, 0.2) is 24.3 Å². The molecule has 1 saturated heterocycles. The lowest BCUT2D eigenvalue weighted by molar-refractivity contribution is 0.323. The molecule has 7 heteroatoms. The predicted molar refractivity (Wildman–Crippen MR) is 119 cm³/mol. The van der Waals surface area contributed by atoms with E-state index >= 15 is 0 Å². The van der Waals surface area contributed by atoms with Crippen molar-refractivity contribution < 1.29 is 4.21 Å². The third-order valence-electron chi connectivity index (χ3n) is 5.20. The van der Waals surface area contributed by atoms with Crippen LogP contribution in [0.2, 0.25) is 0 Å². The highest BCUT2D eigenvalue weighted by Gasteiger charge is 2.18. The molecule has 0 radical (unpaired) electrons. The van der Waals surface area contributed by atoms with Gasteiger partial charge >= 0.3 is 0 Å². The number of hydrogen-bond acceptors (Lipinski definition) is 6. The van der Waals surface area contributed by atoms with E-state index in [4.69, 9.17) is 9.97 Å². The van der Waals surface area contributed by atoms with E-state index in [2.05, 4.69) is 30.1 Å². The van der Waals surface area contributed by atoms with E-state index in [0.29, 0.717) is 5.75 Å². The summed E-state index contributed by atoms with van der Waals surface area (Å²) >= 11 is 1.74. The number of aromatic nitrogens is 2. The Morgan fingerprint density at radius 1 is 1.21 bits per heavy atom. The largest absolute Gasteiger partial charge is 0.340 e. The molecule has 0 aliphatic carbocycles. The Labute approximate surface area is 172 Å². The fourth-order valence-electron chi connectivity index (χ4n) is 3.71. The molecule has 1 aliphatic rings. The van der Waals surface area contributed by atoms with Crippen LogP contribution in [0.3, 0.4) is 0 Å². The van der Waals surface area contributed by atoms with Crippen molar-refractivity contribution in [1.82, 2.24) is 14.9 Å². The van der Waals surface area contributed by atoms with Gasteiger partial charge in [-0.1, -0.05) is 12.1 Å². The highest BCUT2D eigenvalue weighted by atomic mass is 32.2. The second kappa shape index (κ2) is 8.27. The minimum Gasteiger partial charge on any atom is -0.340 e. The van der Waals surface area contributed by atoms with Gasteiger partial charge in [0.25, 0.3) is 0 Å². The summed E-state index contributed by atoms with van der Waals surface area (Å²) in [6.07, 6.45) is 4.25. The van der Waals surface area contributed by atoms with Gasteiger partial charge in [0, 0.05) is 33.4 Å². The van der Waals surface area contributed by atoms with Crippen molar-refractivity contribution in [3.63, 3.8) is 0 Å². The summed E-state index contributed by atoms with van der Waals surface area (Å²) in [4.78, 5) is 14.5. The highest BCUT2D eigenvalue weighted by Crippen LogP contribution is 2.35. The van der Waals surface area contributed by atoms with Crippen LogP contribution < -0.4 is 5.32 Å². The van der Waals surface area contributed by atoms with Gasteiger partial charge in [0.1, 0.15) is 16.5 Å². The molecule has 1 fully saturated rings. The van der Waals surface area contributed by atoms with E-state index in [1.165, 1.54) is 23.3 Å². The number of rotatable bonds is 6. The summed E-state index contributed by atoms with van der Waals surface area (Å²) in [6.45, 7) is 7.34. The van der Waals surface area contributed by atoms with Crippen LogP contribution in [-0.2, 0) is 23.1 Å². The van der Waals surface area contributed by atoms with Gasteiger partial charge in [0.15, 0.2) is 0 Å². The number of aryl methyl sites for hydroxylation is 2. The van der Waals surface area contributed by atoms with Crippen molar-refractivity contribution >= 4 is 43.9 Å². The Morgan fingerprint density at radius 3 is 2.75 bits per heavy atom. The van der Waals surface area contributed by atoms with E-state index in [-0.39, 0.29) is 0 Å². The smallest absolute Gasteiger partial charge is 0.146 e. The van der Waals surface area contributed by atoms with Gasteiger partial charge in [0.2, 0.25) is 0 Å². The molecule has 5 nitrogen and oxygen atoms in total. The molecule has 28 heavy (non-hydrogen) atoms. The summed E-state index contributed by atoms with van der Waals surface area (Å²) < 4.78 is 11.6. The average Bonchev–Trinajstić information content (AvgIpc) is 3.23. The zero-order valence-corrected chi connectivity index (χ0v) is 18.3. The van der Waals surface area contributed by atoms with Gasteiger partial charge in [-0.05, 0) is 63.0 Å². The lowest BCUT2D eigenvalue weighted by atomic mass is 10.2. The maximum absolute atomic E-state index is 11.6. The Morgan fingerprint density at radius 2 is 2.00 bits per heavy atom. The van der Waals surface area contributed by atoms with E-state index in [1.807, 2.05) is 18.2 Å². The first-order chi connectivity index (χ1) is 13.5. The molecule has 3 heterocycles. The van der Waals surface area contributed by atoms with Crippen LogP contribution in [0.5, 0.6) is 0 Å². The van der Waals surface area contributed by atoms with Crippen molar-refractivity contribution in [2.24, 2.45) is 0 Å². The molecule has 0 saturated carbocycles. The lowest BCUT2D eigenvalue weighted by Gasteiger charge is -2.15. The molecule has 1 aliphatic heterocycles. The first kappa shape index (κ1) is 19.5. The number of anilines is 2. The predicted octanol–water partition coefficient (Wildman–Crippen LogP) is 4.53. The standard InChI is InChI=1S/C21H26N4OS2/c1-14-15(2)27-21-19(14)20(23-18(24-21)12-25-9-4-5-10-25)22-17-8-6-7-16(11-17)13-28(3)26/h6-8,11H,4-5,9-10,12-13H2,1-3H3,(H,22,23,24). The van der Waals surface area contributed by atoms with Crippen molar-refractivity contribution in [2.75, 3.05) is 24.7 Å². The topological polar surface area (TPSA) is 58.1 Å². The molecule has 4 rings (SSSR count). The minimum absolute atomic E-state index is 0.561. The number of likely N-dealkylation sites (tertiary alicyclic amines) is 1. The van der Waals surface area contributed by atoms with E-state index < -0.39 is 10.8 Å². The molecule has 3 aromatic rings. The van der Waals surface area contributed by atoms with Gasteiger partial charge in [-0.25, -0.2) is 9.97 Å². The molecule has 1 N–H and O–H groups in total. The van der Waals surface area contributed by atoms with Crippen molar-refractivity contribution in [3.8, 4) is 0 Å². The summed E-state index contributed by atoms with van der Waals surface area (Å²) in [7, 11) is -0.858. The monoisotopic (exact) mass is 414 g/mol. The van der Waals surface area contributed by atoms with Crippen LogP contribution in [-0.4, -0.2) is 38.4 Å². The molecular weight excluding hydrogens is 388 g/mol. The summed E-state index contributed by atoms with van der Waals surface area (Å²) in [6, 6.07) is 8.11. The molecule has 0 bridgehead atoms. The van der Waals surface area contributed by atoms with Crippen LogP contribution in [0.4, 0.5) is 11.5 Å². The zero-order valence-electron chi connectivity index (χ0n) is 16.6. The van der Waals surface area contributed by atoms with Gasteiger partial charge in [-0.15, -0.1) is 11.3 Å². The SMILES string of the molecule is Cc1sc2nc(CN3CCCC3)nc(Nc3cccc(CS(C)=O)c3)c2c1C. The third kappa shape index (κ3) is 4.26. The lowest BCUT2D eigenvalue weighted by Crippen LogP contribution is -2.20. The van der Waals surface area contributed by atoms with Crippen molar-refractivity contribution in [3.05, 3.63) is 46.1 Å². The van der Waals surface area contributed by atoms with Gasteiger partial charge < -0.3 is 5.32 Å². The summed E-state index contributed by atoms with van der Waals surface area (Å²) in [5.74, 6) is 2.31. The number of hydrogen-bond donors (Lipinski definition) is 1. The molecular formula is C21H26N4OS2. The van der Waals surface area contributed by atoms with E-state index in [9.17, 15) is 4.21 Å². The number of fused-ring (bicyclic) bond motifs is 1. The maximum Gasteiger partial charge on any atom is 0.146 e. The molecule has 0 amide bonds. The van der Waals surface area contributed by atoms with Crippen LogP contribution in [0.25, 0.3) is 10.2 Å². The number of benzene rings is 1. The molecule has 1 unspecified atom stereocenters. The van der Waals surface area contributed by atoms with Crippen molar-refractivity contribution in [1.29, 1.82) is 0 Å². The summed E-state index contributed by atoms with van der Waals surface area (Å²) in [5.41, 5.74) is 3.27. The van der Waals surface area contributed by atoms with Crippen molar-refractivity contribution in [2.45, 2.75) is 39.0 Å². The average molecular weight is 415 g/mol. The number of nitrogens with zero attached hydrogens (tertiary/aromatic N) is 3. The second-order valence-electron chi connectivity index (χ2n) is 7.48. The Bertz CT molecular complexity index is 1020. The molecule has 0 spiro atoms. The fraction of sp³-hybridized carbons (Fsp3) is 0.429. The van der Waals surface area contributed by atoms with Gasteiger partial charge in [-0.2, -0.15) is 0 Å². The molecule has 148 valence electrons. The maximum atomic E-state index is 11.6. The quantitative estimate of drug-likeness (QED) is 0.642. The van der Waals surface area contributed by atoms with Crippen LogP contribution in [0.1, 0.15) is 34.7 Å². The number of thiophene rings is 1. The normalized spacial score (nSPS) is 16.0. The zero-order chi connectivity index (χ0) is 19.7. The van der Waals surface area contributed by atoms with Gasteiger partial charge in [0.05, 0.1) is 11.9 Å². The first-order valence-electron chi connectivity index (χ1n) is 9.64. The summed E-state index contributed by atoms with van der Waals surface area (Å²) in [5, 5.41) is 4.63. The Balaban J connectivity index is 1.70. The third-order valence-corrected chi connectivity index (χ3v) is 7.04. The van der Waals surface area contributed by atoms with E-state index in [0.717, 1.165) is 52.7 Å².